The van der Waals surface area contributed by atoms with Gasteiger partial charge >= 0.3 is 0 Å². The summed E-state index contributed by atoms with van der Waals surface area (Å²) in [7, 11) is 1.89. The van der Waals surface area contributed by atoms with E-state index in [1.165, 1.54) is 18.9 Å². The van der Waals surface area contributed by atoms with Gasteiger partial charge in [0, 0.05) is 13.1 Å². The second-order valence-electron chi connectivity index (χ2n) is 4.97. The van der Waals surface area contributed by atoms with Gasteiger partial charge in [0.05, 0.1) is 0 Å². The first-order valence-electron chi connectivity index (χ1n) is 5.95. The van der Waals surface area contributed by atoms with Crippen LogP contribution < -0.4 is 0 Å². The van der Waals surface area contributed by atoms with Gasteiger partial charge in [0.1, 0.15) is 0 Å². The molecule has 0 aromatic heterocycles. The van der Waals surface area contributed by atoms with Crippen molar-refractivity contribution in [3.63, 3.8) is 0 Å². The number of amides is 1. The summed E-state index contributed by atoms with van der Waals surface area (Å²) in [6, 6.07) is 0.436. The molecule has 0 aliphatic heterocycles. The summed E-state index contributed by atoms with van der Waals surface area (Å²) in [5.74, 6) is 1.70. The van der Waals surface area contributed by atoms with Crippen molar-refractivity contribution < 1.29 is 4.79 Å². The molecule has 0 N–H and O–H groups in total. The van der Waals surface area contributed by atoms with Crippen LogP contribution in [-0.4, -0.2) is 23.9 Å². The number of carbonyl (C=O) groups excluding carboxylic acids is 1. The molecule has 1 saturated carbocycles. The third-order valence-corrected chi connectivity index (χ3v) is 3.75. The predicted octanol–water partition coefficient (Wildman–Crippen LogP) is 2.85. The first kappa shape index (κ1) is 12.3. The van der Waals surface area contributed by atoms with Crippen molar-refractivity contribution in [3.05, 3.63) is 12.7 Å². The van der Waals surface area contributed by atoms with E-state index in [9.17, 15) is 4.79 Å². The van der Waals surface area contributed by atoms with Crippen LogP contribution in [0.3, 0.4) is 0 Å². The van der Waals surface area contributed by atoms with Crippen molar-refractivity contribution in [3.8, 4) is 0 Å². The molecule has 1 aliphatic carbocycles. The minimum absolute atomic E-state index is 0.0583. The van der Waals surface area contributed by atoms with Crippen molar-refractivity contribution in [2.24, 2.45) is 11.8 Å². The molecular formula is C13H23NO. The molecule has 86 valence electrons. The Morgan fingerprint density at radius 3 is 2.27 bits per heavy atom. The maximum absolute atomic E-state index is 11.4. The average Bonchev–Trinajstić information content (AvgIpc) is 2.27. The molecule has 0 atom stereocenters. The quantitative estimate of drug-likeness (QED) is 0.654. The molecule has 1 fully saturated rings. The molecule has 0 aromatic rings. The number of likely N-dealkylation sites (N-methyl/N-ethyl adjacent to an activating group) is 1. The van der Waals surface area contributed by atoms with Gasteiger partial charge in [-0.1, -0.05) is 20.4 Å². The Kier molecular flexibility index (Phi) is 4.37. The molecule has 1 amide bonds. The number of hydrogen-bond acceptors (Lipinski definition) is 1. The third kappa shape index (κ3) is 3.08. The Bertz CT molecular complexity index is 227. The van der Waals surface area contributed by atoms with Crippen LogP contribution in [-0.2, 0) is 4.79 Å². The largest absolute Gasteiger partial charge is 0.339 e. The summed E-state index contributed by atoms with van der Waals surface area (Å²) >= 11 is 0. The summed E-state index contributed by atoms with van der Waals surface area (Å²) < 4.78 is 0. The second-order valence-corrected chi connectivity index (χ2v) is 4.97. The van der Waals surface area contributed by atoms with Crippen molar-refractivity contribution in [1.82, 2.24) is 4.90 Å². The normalized spacial score (nSPS) is 26.4. The molecule has 2 heteroatoms. The fourth-order valence-corrected chi connectivity index (χ4v) is 2.48. The molecule has 1 rings (SSSR count). The lowest BCUT2D eigenvalue weighted by Gasteiger charge is -2.35. The third-order valence-electron chi connectivity index (χ3n) is 3.75. The Balaban J connectivity index is 2.43. The predicted molar refractivity (Wildman–Crippen MR) is 63.6 cm³/mol. The molecule has 0 radical (unpaired) electrons. The van der Waals surface area contributed by atoms with Crippen LogP contribution >= 0.6 is 0 Å². The summed E-state index contributed by atoms with van der Waals surface area (Å²) in [5, 5.41) is 0. The van der Waals surface area contributed by atoms with Gasteiger partial charge in [-0.05, 0) is 43.6 Å². The lowest BCUT2D eigenvalue weighted by atomic mass is 9.79. The van der Waals surface area contributed by atoms with E-state index in [0.29, 0.717) is 6.04 Å². The van der Waals surface area contributed by atoms with Gasteiger partial charge in [-0.15, -0.1) is 0 Å². The number of rotatable bonds is 3. The zero-order valence-corrected chi connectivity index (χ0v) is 10.2. The van der Waals surface area contributed by atoms with Crippen LogP contribution in [0.15, 0.2) is 12.7 Å². The Morgan fingerprint density at radius 1 is 1.33 bits per heavy atom. The minimum Gasteiger partial charge on any atom is -0.339 e. The number of hydrogen-bond donors (Lipinski definition) is 0. The summed E-state index contributed by atoms with van der Waals surface area (Å²) in [5.41, 5.74) is 0. The smallest absolute Gasteiger partial charge is 0.245 e. The van der Waals surface area contributed by atoms with E-state index < -0.39 is 0 Å². The van der Waals surface area contributed by atoms with E-state index in [-0.39, 0.29) is 5.91 Å². The maximum Gasteiger partial charge on any atom is 0.245 e. The molecule has 15 heavy (non-hydrogen) atoms. The molecule has 0 saturated heterocycles. The minimum atomic E-state index is 0.0583. The highest BCUT2D eigenvalue weighted by atomic mass is 16.2. The van der Waals surface area contributed by atoms with Crippen LogP contribution in [0, 0.1) is 11.8 Å². The fraction of sp³-hybridized carbons (Fsp3) is 0.769. The zero-order valence-electron chi connectivity index (χ0n) is 10.2. The molecule has 0 unspecified atom stereocenters. The SMILES string of the molecule is C=CC(=O)N(C)C1CCC(C(C)C)CC1. The topological polar surface area (TPSA) is 20.3 Å². The van der Waals surface area contributed by atoms with Gasteiger partial charge in [-0.2, -0.15) is 0 Å². The second kappa shape index (κ2) is 5.34. The molecular weight excluding hydrogens is 186 g/mol. The van der Waals surface area contributed by atoms with Gasteiger partial charge in [0.15, 0.2) is 0 Å². The standard InChI is InChI=1S/C13H23NO/c1-5-13(15)14(4)12-8-6-11(7-9-12)10(2)3/h5,10-12H,1,6-9H2,2-4H3. The van der Waals surface area contributed by atoms with E-state index in [1.54, 1.807) is 0 Å². The van der Waals surface area contributed by atoms with Gasteiger partial charge in [-0.3, -0.25) is 4.79 Å². The first-order chi connectivity index (χ1) is 7.06. The highest BCUT2D eigenvalue weighted by molar-refractivity contribution is 5.87. The molecule has 0 heterocycles. The van der Waals surface area contributed by atoms with Crippen LogP contribution in [0.4, 0.5) is 0 Å². The van der Waals surface area contributed by atoms with E-state index in [2.05, 4.69) is 20.4 Å². The van der Waals surface area contributed by atoms with Crippen molar-refractivity contribution in [2.45, 2.75) is 45.6 Å². The van der Waals surface area contributed by atoms with Crippen LogP contribution in [0.25, 0.3) is 0 Å². The fourth-order valence-electron chi connectivity index (χ4n) is 2.48. The molecule has 0 aromatic carbocycles. The summed E-state index contributed by atoms with van der Waals surface area (Å²) in [4.78, 5) is 13.3. The highest BCUT2D eigenvalue weighted by Gasteiger charge is 2.26. The van der Waals surface area contributed by atoms with Crippen LogP contribution in [0.2, 0.25) is 0 Å². The molecule has 0 bridgehead atoms. The summed E-state index contributed by atoms with van der Waals surface area (Å²) in [6.45, 7) is 8.12. The van der Waals surface area contributed by atoms with E-state index in [1.807, 2.05) is 11.9 Å². The number of nitrogens with zero attached hydrogens (tertiary/aromatic N) is 1. The average molecular weight is 209 g/mol. The Morgan fingerprint density at radius 2 is 1.87 bits per heavy atom. The highest BCUT2D eigenvalue weighted by Crippen LogP contribution is 2.31. The lowest BCUT2D eigenvalue weighted by molar-refractivity contribution is -0.127. The van der Waals surface area contributed by atoms with Gasteiger partial charge < -0.3 is 4.90 Å². The first-order valence-corrected chi connectivity index (χ1v) is 5.95. The molecule has 0 spiro atoms. The van der Waals surface area contributed by atoms with Gasteiger partial charge in [0.25, 0.3) is 0 Å². The van der Waals surface area contributed by atoms with Crippen molar-refractivity contribution in [2.75, 3.05) is 7.05 Å². The maximum atomic E-state index is 11.4. The van der Waals surface area contributed by atoms with Crippen molar-refractivity contribution in [1.29, 1.82) is 0 Å². The Hall–Kier alpha value is -0.790. The van der Waals surface area contributed by atoms with Gasteiger partial charge in [-0.25, -0.2) is 0 Å². The van der Waals surface area contributed by atoms with Crippen molar-refractivity contribution >= 4 is 5.91 Å². The lowest BCUT2D eigenvalue weighted by Crippen LogP contribution is -2.39. The van der Waals surface area contributed by atoms with E-state index >= 15 is 0 Å². The Labute approximate surface area is 93.3 Å². The molecule has 2 nitrogen and oxygen atoms in total. The molecule has 1 aliphatic rings. The monoisotopic (exact) mass is 209 g/mol. The van der Waals surface area contributed by atoms with Gasteiger partial charge in [0.2, 0.25) is 5.91 Å². The summed E-state index contributed by atoms with van der Waals surface area (Å²) in [6.07, 6.45) is 6.24. The van der Waals surface area contributed by atoms with E-state index in [0.717, 1.165) is 24.7 Å². The number of carbonyl (C=O) groups is 1. The van der Waals surface area contributed by atoms with E-state index in [4.69, 9.17) is 0 Å². The zero-order chi connectivity index (χ0) is 11.4. The van der Waals surface area contributed by atoms with Crippen LogP contribution in [0.5, 0.6) is 0 Å². The van der Waals surface area contributed by atoms with Crippen LogP contribution in [0.1, 0.15) is 39.5 Å².